The van der Waals surface area contributed by atoms with Gasteiger partial charge >= 0.3 is 0 Å². The van der Waals surface area contributed by atoms with E-state index in [1.807, 2.05) is 36.4 Å². The molecule has 6 nitrogen and oxygen atoms in total. The third-order valence-corrected chi connectivity index (χ3v) is 3.71. The van der Waals surface area contributed by atoms with Crippen molar-refractivity contribution in [2.24, 2.45) is 5.14 Å². The molecule has 7 heteroatoms. The van der Waals surface area contributed by atoms with Crippen molar-refractivity contribution in [1.29, 1.82) is 0 Å². The van der Waals surface area contributed by atoms with Crippen LogP contribution >= 0.6 is 0 Å². The quantitative estimate of drug-likeness (QED) is 0.795. The van der Waals surface area contributed by atoms with Crippen molar-refractivity contribution in [3.8, 4) is 17.1 Å². The van der Waals surface area contributed by atoms with Gasteiger partial charge in [0.1, 0.15) is 0 Å². The highest BCUT2D eigenvalue weighted by molar-refractivity contribution is 7.89. The van der Waals surface area contributed by atoms with Gasteiger partial charge in [-0.1, -0.05) is 48.5 Å². The molecule has 0 atom stereocenters. The predicted molar refractivity (Wildman–Crippen MR) is 78.2 cm³/mol. The molecule has 1 heterocycles. The summed E-state index contributed by atoms with van der Waals surface area (Å²) in [7, 11) is -3.98. The molecule has 0 aliphatic carbocycles. The first-order chi connectivity index (χ1) is 10.1. The van der Waals surface area contributed by atoms with Gasteiger partial charge in [0, 0.05) is 11.3 Å². The summed E-state index contributed by atoms with van der Waals surface area (Å²) in [6, 6.07) is 18.2. The molecular formula is C14H12N4O2S. The first-order valence-electron chi connectivity index (χ1n) is 6.16. The van der Waals surface area contributed by atoms with E-state index in [0.29, 0.717) is 11.5 Å². The molecule has 2 N–H and O–H groups in total. The Labute approximate surface area is 121 Å². The van der Waals surface area contributed by atoms with Crippen molar-refractivity contribution >= 4 is 10.0 Å². The number of hydrogen-bond acceptors (Lipinski definition) is 4. The molecule has 0 saturated heterocycles. The molecule has 2 aromatic carbocycles. The van der Waals surface area contributed by atoms with Crippen LogP contribution in [-0.4, -0.2) is 23.2 Å². The summed E-state index contributed by atoms with van der Waals surface area (Å²) in [5.41, 5.74) is 1.38. The lowest BCUT2D eigenvalue weighted by atomic mass is 10.2. The fraction of sp³-hybridized carbons (Fsp3) is 0. The van der Waals surface area contributed by atoms with Gasteiger partial charge in [0.25, 0.3) is 15.2 Å². The summed E-state index contributed by atoms with van der Waals surface area (Å²) < 4.78 is 24.9. The SMILES string of the molecule is NS(=O)(=O)c1nnc(-c2ccccc2)n1-c1ccccc1. The van der Waals surface area contributed by atoms with Crippen LogP contribution in [0.3, 0.4) is 0 Å². The van der Waals surface area contributed by atoms with E-state index in [4.69, 9.17) is 5.14 Å². The van der Waals surface area contributed by atoms with Gasteiger partial charge in [-0.05, 0) is 12.1 Å². The van der Waals surface area contributed by atoms with Crippen LogP contribution in [0.25, 0.3) is 17.1 Å². The Morgan fingerprint density at radius 2 is 1.43 bits per heavy atom. The number of para-hydroxylation sites is 1. The molecule has 106 valence electrons. The largest absolute Gasteiger partial charge is 0.274 e. The molecule has 0 fully saturated rings. The summed E-state index contributed by atoms with van der Waals surface area (Å²) >= 11 is 0. The van der Waals surface area contributed by atoms with Gasteiger partial charge in [0.2, 0.25) is 0 Å². The average molecular weight is 300 g/mol. The number of rotatable bonds is 3. The Balaban J connectivity index is 2.31. The second-order valence-electron chi connectivity index (χ2n) is 4.39. The minimum Gasteiger partial charge on any atom is -0.265 e. The van der Waals surface area contributed by atoms with Crippen LogP contribution in [-0.2, 0) is 10.0 Å². The zero-order chi connectivity index (χ0) is 14.9. The lowest BCUT2D eigenvalue weighted by molar-refractivity contribution is 0.585. The fourth-order valence-electron chi connectivity index (χ4n) is 2.04. The Hall–Kier alpha value is -2.51. The van der Waals surface area contributed by atoms with Crippen LogP contribution in [0.1, 0.15) is 0 Å². The highest BCUT2D eigenvalue weighted by Gasteiger charge is 2.22. The lowest BCUT2D eigenvalue weighted by Gasteiger charge is -2.09. The highest BCUT2D eigenvalue weighted by Crippen LogP contribution is 2.24. The van der Waals surface area contributed by atoms with Crippen molar-refractivity contribution in [3.05, 3.63) is 60.7 Å². The number of nitrogens with zero attached hydrogens (tertiary/aromatic N) is 3. The monoisotopic (exact) mass is 300 g/mol. The first-order valence-corrected chi connectivity index (χ1v) is 7.71. The zero-order valence-electron chi connectivity index (χ0n) is 10.9. The first kappa shape index (κ1) is 13.5. The van der Waals surface area contributed by atoms with Crippen molar-refractivity contribution in [3.63, 3.8) is 0 Å². The van der Waals surface area contributed by atoms with Crippen molar-refractivity contribution < 1.29 is 8.42 Å². The predicted octanol–water partition coefficient (Wildman–Crippen LogP) is 1.58. The van der Waals surface area contributed by atoms with Gasteiger partial charge < -0.3 is 0 Å². The minimum absolute atomic E-state index is 0.285. The van der Waals surface area contributed by atoms with E-state index in [0.717, 1.165) is 5.56 Å². The topological polar surface area (TPSA) is 90.9 Å². The molecule has 0 amide bonds. The molecule has 0 saturated carbocycles. The fourth-order valence-corrected chi connectivity index (χ4v) is 2.64. The Kier molecular flexibility index (Phi) is 3.28. The van der Waals surface area contributed by atoms with Crippen molar-refractivity contribution in [2.45, 2.75) is 5.16 Å². The molecule has 0 unspecified atom stereocenters. The van der Waals surface area contributed by atoms with Gasteiger partial charge in [-0.2, -0.15) is 0 Å². The molecule has 0 spiro atoms. The van der Waals surface area contributed by atoms with E-state index in [9.17, 15) is 8.42 Å². The van der Waals surface area contributed by atoms with Crippen LogP contribution in [0, 0.1) is 0 Å². The van der Waals surface area contributed by atoms with E-state index in [-0.39, 0.29) is 5.16 Å². The number of benzene rings is 2. The maximum atomic E-state index is 11.7. The van der Waals surface area contributed by atoms with Gasteiger partial charge in [0.05, 0.1) is 0 Å². The maximum Gasteiger partial charge on any atom is 0.274 e. The summed E-state index contributed by atoms with van der Waals surface area (Å²) in [6.07, 6.45) is 0. The Morgan fingerprint density at radius 3 is 2.00 bits per heavy atom. The van der Waals surface area contributed by atoms with Crippen LogP contribution in [0.2, 0.25) is 0 Å². The van der Waals surface area contributed by atoms with E-state index in [2.05, 4.69) is 10.2 Å². The highest BCUT2D eigenvalue weighted by atomic mass is 32.2. The molecule has 0 aliphatic heterocycles. The van der Waals surface area contributed by atoms with E-state index in [1.54, 1.807) is 24.3 Å². The second-order valence-corrected chi connectivity index (χ2v) is 5.84. The number of hydrogen-bond donors (Lipinski definition) is 1. The summed E-state index contributed by atoms with van der Waals surface area (Å²) in [5.74, 6) is 0.422. The normalized spacial score (nSPS) is 11.5. The van der Waals surface area contributed by atoms with Crippen LogP contribution in [0.15, 0.2) is 65.8 Å². The van der Waals surface area contributed by atoms with Crippen LogP contribution in [0.4, 0.5) is 0 Å². The standard InChI is InChI=1S/C14H12N4O2S/c15-21(19,20)14-17-16-13(11-7-3-1-4-8-11)18(14)12-9-5-2-6-10-12/h1-10H,(H2,15,19,20). The second kappa shape index (κ2) is 5.12. The zero-order valence-corrected chi connectivity index (χ0v) is 11.7. The van der Waals surface area contributed by atoms with Crippen molar-refractivity contribution in [2.75, 3.05) is 0 Å². The molecule has 0 aliphatic rings. The van der Waals surface area contributed by atoms with Gasteiger partial charge in [-0.3, -0.25) is 4.57 Å². The number of nitrogens with two attached hydrogens (primary N) is 1. The van der Waals surface area contributed by atoms with Crippen LogP contribution in [0.5, 0.6) is 0 Å². The van der Waals surface area contributed by atoms with E-state index < -0.39 is 10.0 Å². The van der Waals surface area contributed by atoms with Gasteiger partial charge in [-0.25, -0.2) is 13.6 Å². The molecule has 0 radical (unpaired) electrons. The minimum atomic E-state index is -3.98. The summed E-state index contributed by atoms with van der Waals surface area (Å²) in [5, 5.41) is 12.7. The molecular weight excluding hydrogens is 288 g/mol. The Bertz CT molecular complexity index is 859. The lowest BCUT2D eigenvalue weighted by Crippen LogP contribution is -2.18. The summed E-state index contributed by atoms with van der Waals surface area (Å²) in [6.45, 7) is 0. The maximum absolute atomic E-state index is 11.7. The molecule has 3 aromatic rings. The summed E-state index contributed by atoms with van der Waals surface area (Å²) in [4.78, 5) is 0. The number of aromatic nitrogens is 3. The van der Waals surface area contributed by atoms with E-state index in [1.165, 1.54) is 4.57 Å². The number of sulfonamides is 1. The third-order valence-electron chi connectivity index (χ3n) is 2.93. The molecule has 1 aromatic heterocycles. The molecule has 3 rings (SSSR count). The van der Waals surface area contributed by atoms with E-state index >= 15 is 0 Å². The third kappa shape index (κ3) is 2.56. The van der Waals surface area contributed by atoms with Gasteiger partial charge in [0.15, 0.2) is 5.82 Å². The van der Waals surface area contributed by atoms with Crippen molar-refractivity contribution in [1.82, 2.24) is 14.8 Å². The molecule has 0 bridgehead atoms. The molecule has 21 heavy (non-hydrogen) atoms. The smallest absolute Gasteiger partial charge is 0.265 e. The van der Waals surface area contributed by atoms with Gasteiger partial charge in [-0.15, -0.1) is 10.2 Å². The average Bonchev–Trinajstić information content (AvgIpc) is 2.94. The Morgan fingerprint density at radius 1 is 0.857 bits per heavy atom. The number of primary sulfonamides is 1. The van der Waals surface area contributed by atoms with Crippen LogP contribution < -0.4 is 5.14 Å².